The van der Waals surface area contributed by atoms with Crippen molar-refractivity contribution in [3.8, 4) is 0 Å². The summed E-state index contributed by atoms with van der Waals surface area (Å²) in [7, 11) is 1.61. The van der Waals surface area contributed by atoms with Crippen LogP contribution in [0.2, 0.25) is 0 Å². The van der Waals surface area contributed by atoms with E-state index in [1.54, 1.807) is 19.3 Å². The smallest absolute Gasteiger partial charge is 0.269 e. The molecule has 1 amide bonds. The average molecular weight is 262 g/mol. The number of pyridine rings is 1. The Bertz CT molecular complexity index is 439. The van der Waals surface area contributed by atoms with Gasteiger partial charge in [-0.15, -0.1) is 0 Å². The van der Waals surface area contributed by atoms with Crippen LogP contribution in [0, 0.1) is 0 Å². The molecule has 0 saturated carbocycles. The zero-order chi connectivity index (χ0) is 13.8. The Balaban J connectivity index is 2.12. The van der Waals surface area contributed by atoms with Crippen molar-refractivity contribution in [2.75, 3.05) is 12.5 Å². The molecule has 5 heteroatoms. The Morgan fingerprint density at radius 2 is 2.05 bits per heavy atom. The highest BCUT2D eigenvalue weighted by Crippen LogP contribution is 2.23. The van der Waals surface area contributed by atoms with Gasteiger partial charge in [0, 0.05) is 25.3 Å². The first-order valence-corrected chi connectivity index (χ1v) is 6.85. The third kappa shape index (κ3) is 3.23. The van der Waals surface area contributed by atoms with Gasteiger partial charge >= 0.3 is 0 Å². The van der Waals surface area contributed by atoms with Crippen molar-refractivity contribution in [2.24, 2.45) is 0 Å². The van der Waals surface area contributed by atoms with Crippen molar-refractivity contribution in [1.82, 2.24) is 15.3 Å². The van der Waals surface area contributed by atoms with Gasteiger partial charge in [-0.1, -0.05) is 6.42 Å². The molecule has 0 radical (unpaired) electrons. The second-order valence-corrected chi connectivity index (χ2v) is 5.16. The van der Waals surface area contributed by atoms with Crippen molar-refractivity contribution >= 4 is 11.6 Å². The lowest BCUT2D eigenvalue weighted by Crippen LogP contribution is -2.47. The highest BCUT2D eigenvalue weighted by atomic mass is 16.1. The summed E-state index contributed by atoms with van der Waals surface area (Å²) in [4.78, 5) is 15.6. The second kappa shape index (κ2) is 6.02. The normalized spacial score (nSPS) is 23.9. The highest BCUT2D eigenvalue weighted by Gasteiger charge is 2.24. The number of nitrogens with one attached hydrogen (secondary N) is 2. The molecule has 2 unspecified atom stereocenters. The minimum absolute atomic E-state index is 0.164. The van der Waals surface area contributed by atoms with Gasteiger partial charge in [-0.25, -0.2) is 5.01 Å². The van der Waals surface area contributed by atoms with E-state index in [4.69, 9.17) is 0 Å². The molecule has 0 bridgehead atoms. The lowest BCUT2D eigenvalue weighted by atomic mass is 10.00. The molecule has 2 N–H and O–H groups in total. The monoisotopic (exact) mass is 262 g/mol. The minimum Gasteiger partial charge on any atom is -0.354 e. The van der Waals surface area contributed by atoms with E-state index in [9.17, 15) is 4.79 Å². The van der Waals surface area contributed by atoms with Gasteiger partial charge < -0.3 is 10.7 Å². The maximum atomic E-state index is 11.6. The quantitative estimate of drug-likeness (QED) is 0.875. The second-order valence-electron chi connectivity index (χ2n) is 5.16. The molecule has 0 spiro atoms. The molecule has 2 atom stereocenters. The number of nitrogens with zero attached hydrogens (tertiary/aromatic N) is 2. The summed E-state index contributed by atoms with van der Waals surface area (Å²) < 4.78 is 0. The van der Waals surface area contributed by atoms with Gasteiger partial charge in [0.05, 0.1) is 5.69 Å². The first-order valence-electron chi connectivity index (χ1n) is 6.85. The summed E-state index contributed by atoms with van der Waals surface area (Å²) in [6.45, 7) is 4.45. The van der Waals surface area contributed by atoms with Crippen LogP contribution in [0.15, 0.2) is 18.3 Å². The minimum atomic E-state index is -0.164. The number of rotatable bonds is 3. The van der Waals surface area contributed by atoms with Gasteiger partial charge in [-0.3, -0.25) is 9.78 Å². The Labute approximate surface area is 114 Å². The van der Waals surface area contributed by atoms with Crippen molar-refractivity contribution in [1.29, 1.82) is 0 Å². The van der Waals surface area contributed by atoms with E-state index >= 15 is 0 Å². The SMILES string of the molecule is CNC(=O)c1cc(NN2C(C)CCCC2C)ccn1. The zero-order valence-corrected chi connectivity index (χ0v) is 11.8. The molecule has 19 heavy (non-hydrogen) atoms. The van der Waals surface area contributed by atoms with Crippen LogP contribution in [0.3, 0.4) is 0 Å². The summed E-state index contributed by atoms with van der Waals surface area (Å²) in [5.74, 6) is -0.164. The van der Waals surface area contributed by atoms with Crippen LogP contribution in [0.5, 0.6) is 0 Å². The number of aromatic nitrogens is 1. The number of piperidine rings is 1. The molecule has 1 aromatic heterocycles. The number of hydrogen-bond acceptors (Lipinski definition) is 4. The van der Waals surface area contributed by atoms with Crippen LogP contribution in [-0.2, 0) is 0 Å². The van der Waals surface area contributed by atoms with E-state index in [1.165, 1.54) is 19.3 Å². The number of carbonyl (C=O) groups excluding carboxylic acids is 1. The van der Waals surface area contributed by atoms with Crippen LogP contribution in [0.25, 0.3) is 0 Å². The van der Waals surface area contributed by atoms with E-state index in [1.807, 2.05) is 6.07 Å². The summed E-state index contributed by atoms with van der Waals surface area (Å²) in [5.41, 5.74) is 4.76. The summed E-state index contributed by atoms with van der Waals surface area (Å²) in [6.07, 6.45) is 5.34. The molecule has 1 aliphatic heterocycles. The number of anilines is 1. The molecule has 0 aliphatic carbocycles. The molecule has 5 nitrogen and oxygen atoms in total. The topological polar surface area (TPSA) is 57.3 Å². The Kier molecular flexibility index (Phi) is 4.37. The maximum absolute atomic E-state index is 11.6. The van der Waals surface area contributed by atoms with Crippen molar-refractivity contribution in [3.63, 3.8) is 0 Å². The van der Waals surface area contributed by atoms with Gasteiger partial charge in [-0.05, 0) is 38.8 Å². The standard InChI is InChI=1S/C14H22N4O/c1-10-5-4-6-11(2)18(10)17-12-7-8-16-13(9-12)14(19)15-3/h7-11H,4-6H2,1-3H3,(H,15,19)(H,16,17). The van der Waals surface area contributed by atoms with Gasteiger partial charge in [0.25, 0.3) is 5.91 Å². The van der Waals surface area contributed by atoms with E-state index in [0.717, 1.165) is 5.69 Å². The molecule has 0 aromatic carbocycles. The van der Waals surface area contributed by atoms with Crippen molar-refractivity contribution in [2.45, 2.75) is 45.2 Å². The third-order valence-electron chi connectivity index (χ3n) is 3.67. The molecular formula is C14H22N4O. The molecule has 1 aliphatic rings. The first-order chi connectivity index (χ1) is 9.11. The van der Waals surface area contributed by atoms with Gasteiger partial charge in [0.2, 0.25) is 0 Å². The average Bonchev–Trinajstić information content (AvgIpc) is 2.42. The molecule has 1 aromatic rings. The van der Waals surface area contributed by atoms with E-state index < -0.39 is 0 Å². The van der Waals surface area contributed by atoms with Gasteiger partial charge in [0.1, 0.15) is 5.69 Å². The Hall–Kier alpha value is -1.62. The third-order valence-corrected chi connectivity index (χ3v) is 3.67. The first kappa shape index (κ1) is 13.8. The summed E-state index contributed by atoms with van der Waals surface area (Å²) >= 11 is 0. The van der Waals surface area contributed by atoms with E-state index in [2.05, 4.69) is 34.6 Å². The van der Waals surface area contributed by atoms with Crippen LogP contribution < -0.4 is 10.7 Å². The number of hydrogen-bond donors (Lipinski definition) is 2. The summed E-state index contributed by atoms with van der Waals surface area (Å²) in [5, 5.41) is 4.86. The number of amides is 1. The van der Waals surface area contributed by atoms with Crippen LogP contribution in [0.4, 0.5) is 5.69 Å². The zero-order valence-electron chi connectivity index (χ0n) is 11.8. The molecule has 1 fully saturated rings. The lowest BCUT2D eigenvalue weighted by Gasteiger charge is -2.39. The lowest BCUT2D eigenvalue weighted by molar-refractivity contribution is 0.0958. The fourth-order valence-electron chi connectivity index (χ4n) is 2.54. The number of hydrazine groups is 1. The maximum Gasteiger partial charge on any atom is 0.269 e. The van der Waals surface area contributed by atoms with Crippen LogP contribution in [0.1, 0.15) is 43.6 Å². The Morgan fingerprint density at radius 3 is 2.68 bits per heavy atom. The fraction of sp³-hybridized carbons (Fsp3) is 0.571. The molecular weight excluding hydrogens is 240 g/mol. The molecule has 1 saturated heterocycles. The van der Waals surface area contributed by atoms with Gasteiger partial charge in [0.15, 0.2) is 0 Å². The fourth-order valence-corrected chi connectivity index (χ4v) is 2.54. The van der Waals surface area contributed by atoms with Crippen molar-refractivity contribution in [3.05, 3.63) is 24.0 Å². The number of carbonyl (C=O) groups is 1. The largest absolute Gasteiger partial charge is 0.354 e. The Morgan fingerprint density at radius 1 is 1.37 bits per heavy atom. The molecule has 104 valence electrons. The highest BCUT2D eigenvalue weighted by molar-refractivity contribution is 5.92. The molecule has 2 rings (SSSR count). The van der Waals surface area contributed by atoms with Crippen LogP contribution in [-0.4, -0.2) is 35.0 Å². The van der Waals surface area contributed by atoms with Crippen molar-refractivity contribution < 1.29 is 4.79 Å². The summed E-state index contributed by atoms with van der Waals surface area (Å²) in [6, 6.07) is 4.67. The van der Waals surface area contributed by atoms with Crippen LogP contribution >= 0.6 is 0 Å². The van der Waals surface area contributed by atoms with Gasteiger partial charge in [-0.2, -0.15) is 0 Å². The predicted molar refractivity (Wildman–Crippen MR) is 75.9 cm³/mol. The predicted octanol–water partition coefficient (Wildman–Crippen LogP) is 2.03. The molecule has 2 heterocycles. The van der Waals surface area contributed by atoms with E-state index in [-0.39, 0.29) is 5.91 Å². The van der Waals surface area contributed by atoms with E-state index in [0.29, 0.717) is 17.8 Å².